The molecule has 12 heteroatoms. The van der Waals surface area contributed by atoms with Crippen LogP contribution in [0.15, 0.2) is 24.3 Å². The quantitative estimate of drug-likeness (QED) is 0.303. The van der Waals surface area contributed by atoms with Crippen LogP contribution in [0.4, 0.5) is 18.0 Å². The molecule has 0 unspecified atom stereocenters. The molecule has 0 radical (unpaired) electrons. The van der Waals surface area contributed by atoms with Crippen molar-refractivity contribution in [1.82, 2.24) is 5.32 Å². The summed E-state index contributed by atoms with van der Waals surface area (Å²) in [7, 11) is -7.96. The predicted octanol–water partition coefficient (Wildman–Crippen LogP) is 5.50. The largest absolute Gasteiger partial charge is 0.534 e. The van der Waals surface area contributed by atoms with Crippen molar-refractivity contribution in [3.63, 3.8) is 0 Å². The topological polar surface area (TPSA) is 90.9 Å². The molecule has 1 rings (SSSR count). The number of amides is 1. The average molecular weight is 500 g/mol. The second kappa shape index (κ2) is 9.60. The molecule has 1 N–H and O–H groups in total. The zero-order chi connectivity index (χ0) is 25.2. The Kier molecular flexibility index (Phi) is 8.47. The molecule has 1 aromatic rings. The molecule has 0 aliphatic carbocycles. The molecular weight excluding hydrogens is 467 g/mol. The van der Waals surface area contributed by atoms with E-state index in [1.807, 2.05) is 13.1 Å². The molecule has 0 aliphatic rings. The number of carbonyl (C=O) groups is 1. The molecule has 1 atom stereocenters. The van der Waals surface area contributed by atoms with Crippen molar-refractivity contribution >= 4 is 24.5 Å². The summed E-state index contributed by atoms with van der Waals surface area (Å²) in [6.45, 7) is 15.5. The van der Waals surface area contributed by atoms with Gasteiger partial charge in [-0.1, -0.05) is 32.9 Å². The van der Waals surface area contributed by atoms with Gasteiger partial charge >= 0.3 is 21.7 Å². The van der Waals surface area contributed by atoms with Crippen LogP contribution in [0, 0.1) is 0 Å². The zero-order valence-electron chi connectivity index (χ0n) is 19.6. The number of benzene rings is 1. The van der Waals surface area contributed by atoms with Crippen molar-refractivity contribution in [1.29, 1.82) is 0 Å². The van der Waals surface area contributed by atoms with Gasteiger partial charge in [-0.05, 0) is 56.6 Å². The summed E-state index contributed by atoms with van der Waals surface area (Å²) in [6.07, 6.45) is -0.693. The van der Waals surface area contributed by atoms with Crippen molar-refractivity contribution in [2.75, 3.05) is 6.61 Å². The normalized spacial score (nSPS) is 14.6. The van der Waals surface area contributed by atoms with Crippen molar-refractivity contribution in [2.24, 2.45) is 0 Å². The van der Waals surface area contributed by atoms with Crippen molar-refractivity contribution in [2.45, 2.75) is 76.8 Å². The number of halogens is 3. The Balaban J connectivity index is 3.12. The minimum Gasteiger partial charge on any atom is -0.444 e. The molecular formula is C20H32F3NO6SSi. The highest BCUT2D eigenvalue weighted by Crippen LogP contribution is 2.37. The van der Waals surface area contributed by atoms with E-state index in [1.165, 1.54) is 12.1 Å². The molecule has 0 saturated carbocycles. The molecule has 7 nitrogen and oxygen atoms in total. The van der Waals surface area contributed by atoms with Crippen LogP contribution < -0.4 is 9.50 Å². The van der Waals surface area contributed by atoms with Crippen molar-refractivity contribution < 1.29 is 39.7 Å². The Labute approximate surface area is 188 Å². The minimum absolute atomic E-state index is 0.0902. The summed E-state index contributed by atoms with van der Waals surface area (Å²) in [5.41, 5.74) is -5.80. The molecule has 32 heavy (non-hydrogen) atoms. The lowest BCUT2D eigenvalue weighted by atomic mass is 10.1. The molecule has 184 valence electrons. The number of hydrogen-bond acceptors (Lipinski definition) is 6. The SMILES string of the molecule is CC(C)(C)OC(=O)N[C@@H](CO[Si](C)(C)C(C)(C)C)c1ccc(OS(=O)(=O)C(F)(F)F)cc1. The first-order valence-electron chi connectivity index (χ1n) is 9.89. The Bertz CT molecular complexity index is 888. The number of nitrogens with one attached hydrogen (secondary N) is 1. The Morgan fingerprint density at radius 3 is 1.94 bits per heavy atom. The van der Waals surface area contributed by atoms with Gasteiger partial charge in [-0.25, -0.2) is 4.79 Å². The van der Waals surface area contributed by atoms with Crippen molar-refractivity contribution in [3.8, 4) is 5.75 Å². The number of alkyl carbamates (subject to hydrolysis) is 1. The lowest BCUT2D eigenvalue weighted by Crippen LogP contribution is -2.44. The lowest BCUT2D eigenvalue weighted by molar-refractivity contribution is -0.0500. The molecule has 0 fully saturated rings. The second-order valence-corrected chi connectivity index (χ2v) is 16.2. The molecule has 1 aromatic carbocycles. The van der Waals surface area contributed by atoms with Crippen LogP contribution in [0.1, 0.15) is 53.1 Å². The van der Waals surface area contributed by atoms with Gasteiger partial charge in [-0.3, -0.25) is 0 Å². The standard InChI is InChI=1S/C20H32F3NO6SSi/c1-18(2,3)29-17(25)24-16(13-28-32(7,8)19(4,5)6)14-9-11-15(12-10-14)30-31(26,27)20(21,22)23/h9-12,16H,13H2,1-8H3,(H,24,25)/t16-/m0/s1. The fraction of sp³-hybridized carbons (Fsp3) is 0.650. The van der Waals surface area contributed by atoms with Crippen LogP contribution in [-0.4, -0.2) is 40.5 Å². The van der Waals surface area contributed by atoms with E-state index in [9.17, 15) is 26.4 Å². The van der Waals surface area contributed by atoms with Crippen LogP contribution in [0.3, 0.4) is 0 Å². The molecule has 0 saturated heterocycles. The van der Waals surface area contributed by atoms with E-state index >= 15 is 0 Å². The summed E-state index contributed by atoms with van der Waals surface area (Å²) in [6, 6.07) is 4.19. The average Bonchev–Trinajstić information content (AvgIpc) is 2.55. The van der Waals surface area contributed by atoms with E-state index in [0.717, 1.165) is 12.1 Å². The predicted molar refractivity (Wildman–Crippen MR) is 117 cm³/mol. The molecule has 0 spiro atoms. The monoisotopic (exact) mass is 499 g/mol. The summed E-state index contributed by atoms with van der Waals surface area (Å²) < 4.78 is 75.6. The highest BCUT2D eigenvalue weighted by molar-refractivity contribution is 7.88. The van der Waals surface area contributed by atoms with Gasteiger partial charge < -0.3 is 18.7 Å². The van der Waals surface area contributed by atoms with Crippen LogP contribution in [0.5, 0.6) is 5.75 Å². The Morgan fingerprint density at radius 2 is 1.53 bits per heavy atom. The van der Waals surface area contributed by atoms with Gasteiger partial charge in [0.25, 0.3) is 0 Å². The Hall–Kier alpha value is -1.79. The van der Waals surface area contributed by atoms with Gasteiger partial charge in [0, 0.05) is 0 Å². The number of alkyl halides is 3. The Morgan fingerprint density at radius 1 is 1.03 bits per heavy atom. The molecule has 0 aromatic heterocycles. The summed E-state index contributed by atoms with van der Waals surface area (Å²) >= 11 is 0. The van der Waals surface area contributed by atoms with Crippen LogP contribution in [0.2, 0.25) is 18.1 Å². The number of rotatable bonds is 7. The van der Waals surface area contributed by atoms with Crippen LogP contribution in [0.25, 0.3) is 0 Å². The second-order valence-electron chi connectivity index (χ2n) is 9.82. The fourth-order valence-corrected chi connectivity index (χ4v) is 3.58. The van der Waals surface area contributed by atoms with Crippen LogP contribution in [-0.2, 0) is 19.3 Å². The fourth-order valence-electron chi connectivity index (χ4n) is 2.11. The van der Waals surface area contributed by atoms with Gasteiger partial charge in [0.15, 0.2) is 8.32 Å². The van der Waals surface area contributed by atoms with E-state index in [4.69, 9.17) is 9.16 Å². The van der Waals surface area contributed by atoms with Gasteiger partial charge in [-0.2, -0.15) is 21.6 Å². The number of ether oxygens (including phenoxy) is 1. The van der Waals surface area contributed by atoms with E-state index in [-0.39, 0.29) is 11.6 Å². The summed E-state index contributed by atoms with van der Waals surface area (Å²) in [5.74, 6) is -0.507. The first-order chi connectivity index (χ1) is 14.1. The maximum absolute atomic E-state index is 12.5. The van der Waals surface area contributed by atoms with E-state index < -0.39 is 47.4 Å². The van der Waals surface area contributed by atoms with E-state index in [2.05, 4.69) is 30.3 Å². The van der Waals surface area contributed by atoms with Gasteiger partial charge in [0.05, 0.1) is 12.6 Å². The third-order valence-electron chi connectivity index (χ3n) is 4.88. The molecule has 0 bridgehead atoms. The minimum atomic E-state index is -5.78. The van der Waals surface area contributed by atoms with Gasteiger partial charge in [-0.15, -0.1) is 0 Å². The highest BCUT2D eigenvalue weighted by Gasteiger charge is 2.48. The number of hydrogen-bond donors (Lipinski definition) is 1. The lowest BCUT2D eigenvalue weighted by Gasteiger charge is -2.37. The maximum atomic E-state index is 12.5. The number of carbonyl (C=O) groups excluding carboxylic acids is 1. The maximum Gasteiger partial charge on any atom is 0.534 e. The first-order valence-corrected chi connectivity index (χ1v) is 14.2. The zero-order valence-corrected chi connectivity index (χ0v) is 21.4. The van der Waals surface area contributed by atoms with Gasteiger partial charge in [0.2, 0.25) is 0 Å². The highest BCUT2D eigenvalue weighted by atomic mass is 32.2. The van der Waals surface area contributed by atoms with Gasteiger partial charge in [0.1, 0.15) is 11.4 Å². The smallest absolute Gasteiger partial charge is 0.444 e. The van der Waals surface area contributed by atoms with Crippen molar-refractivity contribution in [3.05, 3.63) is 29.8 Å². The summed E-state index contributed by atoms with van der Waals surface area (Å²) in [4.78, 5) is 12.3. The third-order valence-corrected chi connectivity index (χ3v) is 10.4. The van der Waals surface area contributed by atoms with E-state index in [1.54, 1.807) is 20.8 Å². The third kappa shape index (κ3) is 8.28. The first kappa shape index (κ1) is 28.2. The molecule has 0 heterocycles. The molecule has 1 amide bonds. The van der Waals surface area contributed by atoms with E-state index in [0.29, 0.717) is 5.56 Å². The van der Waals surface area contributed by atoms with Crippen LogP contribution >= 0.6 is 0 Å². The summed E-state index contributed by atoms with van der Waals surface area (Å²) in [5, 5.41) is 2.61. The molecule has 0 aliphatic heterocycles.